The van der Waals surface area contributed by atoms with Gasteiger partial charge in [0.15, 0.2) is 11.5 Å². The number of likely N-dealkylation sites (tertiary alicyclic amines) is 1. The monoisotopic (exact) mass is 307 g/mol. The van der Waals surface area contributed by atoms with Gasteiger partial charge in [-0.25, -0.2) is 0 Å². The molecule has 1 aromatic rings. The van der Waals surface area contributed by atoms with E-state index in [9.17, 15) is 4.79 Å². The fraction of sp³-hybridized carbons (Fsp3) is 0.588. The average molecular weight is 307 g/mol. The Balaban J connectivity index is 2.02. The highest BCUT2D eigenvalue weighted by Crippen LogP contribution is 2.30. The molecule has 122 valence electrons. The molecule has 0 radical (unpaired) electrons. The molecule has 1 atom stereocenters. The van der Waals surface area contributed by atoms with Gasteiger partial charge < -0.3 is 14.6 Å². The second-order valence-corrected chi connectivity index (χ2v) is 5.62. The van der Waals surface area contributed by atoms with E-state index in [1.807, 2.05) is 25.1 Å². The van der Waals surface area contributed by atoms with Crippen LogP contribution in [0.15, 0.2) is 18.2 Å². The van der Waals surface area contributed by atoms with Crippen LogP contribution in [-0.4, -0.2) is 42.3 Å². The third kappa shape index (κ3) is 4.37. The summed E-state index contributed by atoms with van der Waals surface area (Å²) in [5.74, 6) is 0.610. The van der Waals surface area contributed by atoms with E-state index in [1.54, 1.807) is 0 Å². The first-order valence-corrected chi connectivity index (χ1v) is 7.97. The van der Waals surface area contributed by atoms with E-state index in [2.05, 4.69) is 11.8 Å². The molecule has 2 rings (SSSR count). The van der Waals surface area contributed by atoms with Gasteiger partial charge in [0.25, 0.3) is 0 Å². The quantitative estimate of drug-likeness (QED) is 0.800. The number of carboxylic acid groups (broad SMARTS) is 1. The zero-order valence-electron chi connectivity index (χ0n) is 13.4. The summed E-state index contributed by atoms with van der Waals surface area (Å²) in [5, 5.41) is 9.07. The summed E-state index contributed by atoms with van der Waals surface area (Å²) in [5.41, 5.74) is 1.12. The molecule has 1 heterocycles. The number of nitrogens with zero attached hydrogens (tertiary/aromatic N) is 1. The first-order chi connectivity index (χ1) is 10.6. The van der Waals surface area contributed by atoms with Crippen LogP contribution < -0.4 is 9.47 Å². The average Bonchev–Trinajstić information content (AvgIpc) is 2.95. The van der Waals surface area contributed by atoms with Crippen LogP contribution in [0.4, 0.5) is 0 Å². The fourth-order valence-electron chi connectivity index (χ4n) is 2.69. The second-order valence-electron chi connectivity index (χ2n) is 5.62. The molecule has 1 saturated heterocycles. The first kappa shape index (κ1) is 16.6. The third-order valence-electron chi connectivity index (χ3n) is 3.80. The van der Waals surface area contributed by atoms with Crippen molar-refractivity contribution < 1.29 is 19.4 Å². The molecule has 0 aliphatic carbocycles. The number of ether oxygens (including phenoxy) is 2. The van der Waals surface area contributed by atoms with E-state index in [-0.39, 0.29) is 5.92 Å². The Morgan fingerprint density at radius 3 is 2.77 bits per heavy atom. The van der Waals surface area contributed by atoms with Crippen LogP contribution in [0, 0.1) is 5.92 Å². The number of benzene rings is 1. The molecule has 22 heavy (non-hydrogen) atoms. The topological polar surface area (TPSA) is 59.0 Å². The summed E-state index contributed by atoms with van der Waals surface area (Å²) in [6.45, 7) is 7.48. The van der Waals surface area contributed by atoms with Gasteiger partial charge in [0, 0.05) is 13.1 Å². The van der Waals surface area contributed by atoms with E-state index in [1.165, 1.54) is 0 Å². The third-order valence-corrected chi connectivity index (χ3v) is 3.80. The number of rotatable bonds is 8. The van der Waals surface area contributed by atoms with Gasteiger partial charge in [0.1, 0.15) is 0 Å². The lowest BCUT2D eigenvalue weighted by molar-refractivity contribution is -0.141. The molecule has 1 aliphatic rings. The van der Waals surface area contributed by atoms with Crippen LogP contribution >= 0.6 is 0 Å². The standard InChI is InChI=1S/C17H25NO4/c1-3-9-22-15-6-5-13(10-16(15)21-4-2)11-18-8-7-14(12-18)17(19)20/h5-6,10,14H,3-4,7-9,11-12H2,1-2H3,(H,19,20). The van der Waals surface area contributed by atoms with Crippen molar-refractivity contribution >= 4 is 5.97 Å². The SMILES string of the molecule is CCCOc1ccc(CN2CCC(C(=O)O)C2)cc1OCC. The maximum Gasteiger partial charge on any atom is 0.307 e. The lowest BCUT2D eigenvalue weighted by atomic mass is 10.1. The maximum atomic E-state index is 11.0. The highest BCUT2D eigenvalue weighted by Gasteiger charge is 2.27. The Kier molecular flexibility index (Phi) is 6.07. The number of hydrogen-bond acceptors (Lipinski definition) is 4. The fourth-order valence-corrected chi connectivity index (χ4v) is 2.69. The molecule has 1 fully saturated rings. The van der Waals surface area contributed by atoms with E-state index in [0.717, 1.165) is 43.0 Å². The molecule has 0 amide bonds. The minimum Gasteiger partial charge on any atom is -0.490 e. The smallest absolute Gasteiger partial charge is 0.307 e. The maximum absolute atomic E-state index is 11.0. The minimum atomic E-state index is -0.694. The number of hydrogen-bond donors (Lipinski definition) is 1. The van der Waals surface area contributed by atoms with Gasteiger partial charge in [-0.15, -0.1) is 0 Å². The van der Waals surface area contributed by atoms with Crippen LogP contribution in [-0.2, 0) is 11.3 Å². The van der Waals surface area contributed by atoms with Crippen molar-refractivity contribution in [3.63, 3.8) is 0 Å². The second kappa shape index (κ2) is 8.03. The van der Waals surface area contributed by atoms with Crippen LogP contribution in [0.25, 0.3) is 0 Å². The molecule has 0 saturated carbocycles. The number of carbonyl (C=O) groups is 1. The predicted molar refractivity (Wildman–Crippen MR) is 84.4 cm³/mol. The largest absolute Gasteiger partial charge is 0.490 e. The molecular formula is C17H25NO4. The number of aliphatic carboxylic acids is 1. The minimum absolute atomic E-state index is 0.237. The lowest BCUT2D eigenvalue weighted by Crippen LogP contribution is -2.22. The van der Waals surface area contributed by atoms with Crippen LogP contribution in [0.3, 0.4) is 0 Å². The molecule has 1 unspecified atom stereocenters. The lowest BCUT2D eigenvalue weighted by Gasteiger charge is -2.17. The molecule has 5 heteroatoms. The Morgan fingerprint density at radius 1 is 1.32 bits per heavy atom. The van der Waals surface area contributed by atoms with E-state index in [4.69, 9.17) is 14.6 Å². The van der Waals surface area contributed by atoms with E-state index in [0.29, 0.717) is 19.8 Å². The van der Waals surface area contributed by atoms with Crippen molar-refractivity contribution in [2.24, 2.45) is 5.92 Å². The molecule has 5 nitrogen and oxygen atoms in total. The predicted octanol–water partition coefficient (Wildman–Crippen LogP) is 2.78. The summed E-state index contributed by atoms with van der Waals surface area (Å²) in [6, 6.07) is 5.98. The normalized spacial score (nSPS) is 18.4. The van der Waals surface area contributed by atoms with Crippen molar-refractivity contribution in [3.05, 3.63) is 23.8 Å². The van der Waals surface area contributed by atoms with Crippen molar-refractivity contribution in [2.45, 2.75) is 33.2 Å². The zero-order chi connectivity index (χ0) is 15.9. The molecule has 1 aliphatic heterocycles. The molecule has 1 N–H and O–H groups in total. The zero-order valence-corrected chi connectivity index (χ0v) is 13.4. The Hall–Kier alpha value is -1.75. The first-order valence-electron chi connectivity index (χ1n) is 7.97. The molecule has 0 bridgehead atoms. The van der Waals surface area contributed by atoms with E-state index < -0.39 is 5.97 Å². The summed E-state index contributed by atoms with van der Waals surface area (Å²) >= 11 is 0. The molecule has 0 aromatic heterocycles. The van der Waals surface area contributed by atoms with Gasteiger partial charge in [-0.05, 0) is 44.0 Å². The summed E-state index contributed by atoms with van der Waals surface area (Å²) < 4.78 is 11.4. The van der Waals surface area contributed by atoms with Gasteiger partial charge in [-0.1, -0.05) is 13.0 Å². The van der Waals surface area contributed by atoms with Crippen molar-refractivity contribution in [1.29, 1.82) is 0 Å². The van der Waals surface area contributed by atoms with Crippen LogP contribution in [0.5, 0.6) is 11.5 Å². The van der Waals surface area contributed by atoms with Gasteiger partial charge in [0.05, 0.1) is 19.1 Å². The van der Waals surface area contributed by atoms with Crippen molar-refractivity contribution in [1.82, 2.24) is 4.90 Å². The Bertz CT molecular complexity index is 503. The Labute approximate surface area is 131 Å². The van der Waals surface area contributed by atoms with Crippen molar-refractivity contribution in [2.75, 3.05) is 26.3 Å². The van der Waals surface area contributed by atoms with Gasteiger partial charge in [-0.2, -0.15) is 0 Å². The van der Waals surface area contributed by atoms with Gasteiger partial charge in [-0.3, -0.25) is 9.69 Å². The van der Waals surface area contributed by atoms with E-state index >= 15 is 0 Å². The number of carboxylic acids is 1. The van der Waals surface area contributed by atoms with Crippen LogP contribution in [0.2, 0.25) is 0 Å². The molecule has 1 aromatic carbocycles. The molecular weight excluding hydrogens is 282 g/mol. The molecule has 0 spiro atoms. The summed E-state index contributed by atoms with van der Waals surface area (Å²) in [7, 11) is 0. The van der Waals surface area contributed by atoms with Crippen LogP contribution in [0.1, 0.15) is 32.3 Å². The Morgan fingerprint density at radius 2 is 2.14 bits per heavy atom. The summed E-state index contributed by atoms with van der Waals surface area (Å²) in [4.78, 5) is 13.2. The van der Waals surface area contributed by atoms with Gasteiger partial charge in [0.2, 0.25) is 0 Å². The van der Waals surface area contributed by atoms with Gasteiger partial charge >= 0.3 is 5.97 Å². The van der Waals surface area contributed by atoms with Crippen molar-refractivity contribution in [3.8, 4) is 11.5 Å². The summed E-state index contributed by atoms with van der Waals surface area (Å²) in [6.07, 6.45) is 1.68. The highest BCUT2D eigenvalue weighted by molar-refractivity contribution is 5.70. The highest BCUT2D eigenvalue weighted by atomic mass is 16.5.